The first-order chi connectivity index (χ1) is 14.3. The minimum atomic E-state index is -0.631. The highest BCUT2D eigenvalue weighted by Gasteiger charge is 2.60. The van der Waals surface area contributed by atoms with Gasteiger partial charge in [-0.15, -0.1) is 0 Å². The van der Waals surface area contributed by atoms with E-state index in [-0.39, 0.29) is 0 Å². The Labute approximate surface area is 184 Å². The second kappa shape index (κ2) is 8.73. The summed E-state index contributed by atoms with van der Waals surface area (Å²) >= 11 is 0. The van der Waals surface area contributed by atoms with Gasteiger partial charge in [-0.25, -0.2) is 0 Å². The van der Waals surface area contributed by atoms with E-state index in [4.69, 9.17) is 10.8 Å². The monoisotopic (exact) mass is 418 g/mol. The third kappa shape index (κ3) is 3.85. The van der Waals surface area contributed by atoms with E-state index in [0.717, 1.165) is 49.1 Å². The van der Waals surface area contributed by atoms with Gasteiger partial charge in [-0.1, -0.05) is 20.8 Å². The molecule has 4 aliphatic carbocycles. The maximum atomic E-state index is 11.1. The van der Waals surface area contributed by atoms with E-state index in [1.165, 1.54) is 57.8 Å². The first kappa shape index (κ1) is 22.6. The number of fused-ring (bicyclic) bond motifs is 5. The average molecular weight is 419 g/mol. The lowest BCUT2D eigenvalue weighted by Gasteiger charge is -2.61. The zero-order valence-corrected chi connectivity index (χ0v) is 19.7. The number of aliphatic carboxylic acids is 1. The zero-order chi connectivity index (χ0) is 21.5. The number of carbonyl (C=O) groups is 1. The molecule has 4 N–H and O–H groups in total. The van der Waals surface area contributed by atoms with Crippen LogP contribution in [0.25, 0.3) is 0 Å². The molecular formula is C26H46N2O2. The average Bonchev–Trinajstić information content (AvgIpc) is 3.07. The Morgan fingerprint density at radius 3 is 2.53 bits per heavy atom. The summed E-state index contributed by atoms with van der Waals surface area (Å²) in [5.74, 6) is 4.23. The van der Waals surface area contributed by atoms with Crippen LogP contribution in [0.5, 0.6) is 0 Å². The molecule has 0 aliphatic heterocycles. The molecule has 30 heavy (non-hydrogen) atoms. The minimum absolute atomic E-state index is 0.337. The number of hydrogen-bond acceptors (Lipinski definition) is 3. The summed E-state index contributed by atoms with van der Waals surface area (Å²) in [6, 6.07) is 0.683. The summed E-state index contributed by atoms with van der Waals surface area (Å²) in [6.45, 7) is 9.28. The number of carboxylic acids is 1. The Bertz CT molecular complexity index is 624. The molecule has 172 valence electrons. The van der Waals surface area contributed by atoms with E-state index in [2.05, 4.69) is 26.1 Å². The second-order valence-electron chi connectivity index (χ2n) is 12.0. The van der Waals surface area contributed by atoms with E-state index in [0.29, 0.717) is 29.2 Å². The quantitative estimate of drug-likeness (QED) is 0.540. The van der Waals surface area contributed by atoms with Crippen LogP contribution in [0.15, 0.2) is 0 Å². The number of hydrogen-bond donors (Lipinski definition) is 3. The van der Waals surface area contributed by atoms with Crippen molar-refractivity contribution in [2.45, 2.75) is 97.4 Å². The van der Waals surface area contributed by atoms with Crippen LogP contribution in [0.3, 0.4) is 0 Å². The maximum Gasteiger partial charge on any atom is 0.303 e. The van der Waals surface area contributed by atoms with E-state index in [1.54, 1.807) is 0 Å². The lowest BCUT2D eigenvalue weighted by Crippen LogP contribution is -2.55. The lowest BCUT2D eigenvalue weighted by molar-refractivity contribution is -0.137. The van der Waals surface area contributed by atoms with Crippen LogP contribution in [-0.2, 0) is 4.79 Å². The van der Waals surface area contributed by atoms with E-state index in [9.17, 15) is 4.79 Å². The Morgan fingerprint density at radius 2 is 1.80 bits per heavy atom. The third-order valence-electron chi connectivity index (χ3n) is 10.8. The predicted octanol–water partition coefficient (Wildman–Crippen LogP) is 5.06. The highest BCUT2D eigenvalue weighted by atomic mass is 16.4. The number of rotatable bonds is 7. The van der Waals surface area contributed by atoms with Crippen LogP contribution in [0.4, 0.5) is 0 Å². The second-order valence-corrected chi connectivity index (χ2v) is 12.0. The fraction of sp³-hybridized carbons (Fsp3) is 0.962. The summed E-state index contributed by atoms with van der Waals surface area (Å²) < 4.78 is 0. The SMILES string of the molecule is CC(CCC(=O)O)C1CCC2C3CCC4CC(NCCN)CC[C@]4(C)C3CC[C@]12C. The van der Waals surface area contributed by atoms with Gasteiger partial charge in [0, 0.05) is 25.6 Å². The Morgan fingerprint density at radius 1 is 1.07 bits per heavy atom. The maximum absolute atomic E-state index is 11.1. The van der Waals surface area contributed by atoms with Gasteiger partial charge >= 0.3 is 5.97 Å². The van der Waals surface area contributed by atoms with E-state index in [1.807, 2.05) is 0 Å². The molecule has 0 heterocycles. The minimum Gasteiger partial charge on any atom is -0.481 e. The first-order valence-electron chi connectivity index (χ1n) is 12.9. The molecule has 9 atom stereocenters. The molecule has 0 aromatic heterocycles. The molecule has 0 radical (unpaired) electrons. The topological polar surface area (TPSA) is 75.3 Å². The molecule has 0 saturated heterocycles. The highest BCUT2D eigenvalue weighted by Crippen LogP contribution is 2.68. The largest absolute Gasteiger partial charge is 0.481 e. The van der Waals surface area contributed by atoms with Gasteiger partial charge < -0.3 is 16.2 Å². The summed E-state index contributed by atoms with van der Waals surface area (Å²) in [5.41, 5.74) is 6.71. The van der Waals surface area contributed by atoms with Crippen molar-refractivity contribution < 1.29 is 9.90 Å². The van der Waals surface area contributed by atoms with Gasteiger partial charge in [-0.3, -0.25) is 4.79 Å². The molecule has 4 fully saturated rings. The summed E-state index contributed by atoms with van der Waals surface area (Å²) in [7, 11) is 0. The van der Waals surface area contributed by atoms with E-state index >= 15 is 0 Å². The fourth-order valence-electron chi connectivity index (χ4n) is 9.26. The summed E-state index contributed by atoms with van der Waals surface area (Å²) in [5, 5.41) is 12.9. The van der Waals surface area contributed by atoms with Crippen molar-refractivity contribution in [3.05, 3.63) is 0 Å². The van der Waals surface area contributed by atoms with Gasteiger partial charge in [0.05, 0.1) is 0 Å². The summed E-state index contributed by atoms with van der Waals surface area (Å²) in [4.78, 5) is 11.1. The highest BCUT2D eigenvalue weighted by molar-refractivity contribution is 5.66. The van der Waals surface area contributed by atoms with Crippen molar-refractivity contribution in [3.8, 4) is 0 Å². The van der Waals surface area contributed by atoms with Gasteiger partial charge in [0.25, 0.3) is 0 Å². The molecule has 0 aromatic carbocycles. The van der Waals surface area contributed by atoms with Crippen molar-refractivity contribution in [3.63, 3.8) is 0 Å². The molecule has 0 bridgehead atoms. The van der Waals surface area contributed by atoms with Crippen molar-refractivity contribution in [1.82, 2.24) is 5.32 Å². The van der Waals surface area contributed by atoms with Crippen molar-refractivity contribution >= 4 is 5.97 Å². The standard InChI is InChI=1S/C26H46N2O2/c1-17(4-9-24(29)30)21-7-8-22-20-6-5-18-16-19(28-15-14-27)10-12-25(18,2)23(20)11-13-26(21,22)3/h17-23,28H,4-16,27H2,1-3H3,(H,29,30)/t17?,18?,19?,20?,21?,22?,23?,25-,26+/m0/s1. The van der Waals surface area contributed by atoms with Crippen LogP contribution < -0.4 is 11.1 Å². The van der Waals surface area contributed by atoms with Gasteiger partial charge in [0.15, 0.2) is 0 Å². The van der Waals surface area contributed by atoms with Crippen LogP contribution in [0.1, 0.15) is 91.4 Å². The zero-order valence-electron chi connectivity index (χ0n) is 19.7. The molecule has 0 spiro atoms. The fourth-order valence-corrected chi connectivity index (χ4v) is 9.26. The normalized spacial score (nSPS) is 46.5. The Hall–Kier alpha value is -0.610. The molecule has 7 unspecified atom stereocenters. The molecule has 4 aliphatic rings. The van der Waals surface area contributed by atoms with Crippen LogP contribution in [-0.4, -0.2) is 30.2 Å². The van der Waals surface area contributed by atoms with E-state index < -0.39 is 5.97 Å². The first-order valence-corrected chi connectivity index (χ1v) is 12.9. The van der Waals surface area contributed by atoms with Crippen molar-refractivity contribution in [1.29, 1.82) is 0 Å². The number of nitrogens with two attached hydrogens (primary N) is 1. The van der Waals surface area contributed by atoms with Gasteiger partial charge in [0.1, 0.15) is 0 Å². The van der Waals surface area contributed by atoms with Crippen LogP contribution in [0, 0.1) is 46.3 Å². The van der Waals surface area contributed by atoms with Crippen molar-refractivity contribution in [2.75, 3.05) is 13.1 Å². The molecule has 4 nitrogen and oxygen atoms in total. The molecule has 0 amide bonds. The molecule has 4 heteroatoms. The third-order valence-corrected chi connectivity index (χ3v) is 10.8. The molecule has 4 rings (SSSR count). The number of nitrogens with one attached hydrogen (secondary N) is 1. The van der Waals surface area contributed by atoms with Crippen LogP contribution >= 0.6 is 0 Å². The smallest absolute Gasteiger partial charge is 0.303 e. The van der Waals surface area contributed by atoms with Gasteiger partial charge in [-0.05, 0) is 111 Å². The Kier molecular flexibility index (Phi) is 6.57. The van der Waals surface area contributed by atoms with Gasteiger partial charge in [0.2, 0.25) is 0 Å². The van der Waals surface area contributed by atoms with Gasteiger partial charge in [-0.2, -0.15) is 0 Å². The van der Waals surface area contributed by atoms with Crippen molar-refractivity contribution in [2.24, 2.45) is 52.1 Å². The summed E-state index contributed by atoms with van der Waals surface area (Å²) in [6.07, 6.45) is 13.6. The predicted molar refractivity (Wildman–Crippen MR) is 122 cm³/mol. The molecule has 4 saturated carbocycles. The Balaban J connectivity index is 1.45. The number of carboxylic acid groups (broad SMARTS) is 1. The molecular weight excluding hydrogens is 372 g/mol. The lowest BCUT2D eigenvalue weighted by atomic mass is 9.44. The molecule has 0 aromatic rings. The van der Waals surface area contributed by atoms with Crippen LogP contribution in [0.2, 0.25) is 0 Å².